The molecule has 2 aromatic rings. The van der Waals surface area contributed by atoms with Crippen LogP contribution in [0.15, 0.2) is 9.59 Å². The van der Waals surface area contributed by atoms with Gasteiger partial charge in [0.05, 0.1) is 6.10 Å². The first kappa shape index (κ1) is 14.2. The number of aliphatic hydroxyl groups excluding tert-OH is 2. The van der Waals surface area contributed by atoms with Crippen molar-refractivity contribution in [3.63, 3.8) is 0 Å². The van der Waals surface area contributed by atoms with Gasteiger partial charge in [-0.25, -0.2) is 0 Å². The Labute approximate surface area is 121 Å². The molecule has 1 aliphatic rings. The highest BCUT2D eigenvalue weighted by atomic mass is 32.1. The van der Waals surface area contributed by atoms with E-state index in [1.54, 1.807) is 6.92 Å². The number of hydrogen-bond acceptors (Lipinski definition) is 8. The summed E-state index contributed by atoms with van der Waals surface area (Å²) in [6.45, 7) is 1.79. The van der Waals surface area contributed by atoms with E-state index in [0.29, 0.717) is 17.8 Å². The van der Waals surface area contributed by atoms with Crippen LogP contribution in [-0.4, -0.2) is 43.1 Å². The van der Waals surface area contributed by atoms with Crippen LogP contribution in [0.5, 0.6) is 0 Å². The van der Waals surface area contributed by atoms with Gasteiger partial charge in [0.1, 0.15) is 16.9 Å². The van der Waals surface area contributed by atoms with Gasteiger partial charge in [0.2, 0.25) is 5.95 Å². The molecule has 1 aliphatic heterocycles. The van der Waals surface area contributed by atoms with Gasteiger partial charge in [0.25, 0.3) is 5.56 Å². The summed E-state index contributed by atoms with van der Waals surface area (Å²) in [5.41, 5.74) is 5.00. The number of ether oxygens (including phenoxy) is 1. The lowest BCUT2D eigenvalue weighted by molar-refractivity contribution is -0.0365. The van der Waals surface area contributed by atoms with Gasteiger partial charge in [-0.15, -0.1) is 0 Å². The number of aliphatic hydroxyl groups is 2. The minimum absolute atomic E-state index is 0.0410. The van der Waals surface area contributed by atoms with E-state index in [1.165, 1.54) is 0 Å². The Balaban J connectivity index is 2.20. The molecule has 10 heteroatoms. The molecule has 21 heavy (non-hydrogen) atoms. The number of fused-ring (bicyclic) bond motifs is 1. The van der Waals surface area contributed by atoms with E-state index in [-0.39, 0.29) is 16.3 Å². The third-order valence-corrected chi connectivity index (χ3v) is 4.43. The zero-order valence-corrected chi connectivity index (χ0v) is 11.8. The summed E-state index contributed by atoms with van der Waals surface area (Å²) in [6, 6.07) is 0. The first-order chi connectivity index (χ1) is 9.93. The van der Waals surface area contributed by atoms with Crippen molar-refractivity contribution in [1.82, 2.24) is 14.5 Å². The molecular weight excluding hydrogens is 300 g/mol. The van der Waals surface area contributed by atoms with Crippen LogP contribution in [0.1, 0.15) is 19.6 Å². The zero-order chi connectivity index (χ0) is 15.3. The van der Waals surface area contributed by atoms with E-state index < -0.39 is 35.0 Å². The Morgan fingerprint density at radius 3 is 2.76 bits per heavy atom. The van der Waals surface area contributed by atoms with Crippen LogP contribution >= 0.6 is 11.3 Å². The summed E-state index contributed by atoms with van der Waals surface area (Å²) in [6.07, 6.45) is -3.61. The number of aromatic nitrogens is 3. The number of rotatable bonds is 2. The maximum atomic E-state index is 12.1. The second-order valence-electron chi connectivity index (χ2n) is 4.80. The predicted octanol–water partition coefficient (Wildman–Crippen LogP) is -1.24. The molecule has 5 N–H and O–H groups in total. The standard InChI is InChI=1S/C11H14N4O5S/c1-2-3-4(16)5(17)9(20-3)15-7-6(21-11(15)19)8(18)14-10(12)13-7/h3-5,9,16-17H,2H2,1H3,(H3,12,13,14,18)/t3-,4-,5-,9-/m1/s1. The van der Waals surface area contributed by atoms with Gasteiger partial charge in [-0.2, -0.15) is 4.98 Å². The smallest absolute Gasteiger partial charge is 0.311 e. The number of aromatic amines is 1. The van der Waals surface area contributed by atoms with E-state index in [2.05, 4.69) is 9.97 Å². The number of hydrogen-bond donors (Lipinski definition) is 4. The van der Waals surface area contributed by atoms with Crippen molar-refractivity contribution in [2.75, 3.05) is 5.73 Å². The van der Waals surface area contributed by atoms with E-state index in [9.17, 15) is 19.8 Å². The molecule has 3 heterocycles. The molecule has 0 saturated carbocycles. The molecule has 0 amide bonds. The normalized spacial score (nSPS) is 29.3. The summed E-state index contributed by atoms with van der Waals surface area (Å²) in [5, 5.41) is 20.0. The van der Waals surface area contributed by atoms with Gasteiger partial charge in [0.15, 0.2) is 11.9 Å². The van der Waals surface area contributed by atoms with E-state index in [0.717, 1.165) is 4.57 Å². The Morgan fingerprint density at radius 2 is 2.14 bits per heavy atom. The Kier molecular flexibility index (Phi) is 3.32. The number of nitrogens with one attached hydrogen (secondary N) is 1. The Hall–Kier alpha value is -1.75. The topological polar surface area (TPSA) is 143 Å². The highest BCUT2D eigenvalue weighted by Crippen LogP contribution is 2.32. The van der Waals surface area contributed by atoms with Gasteiger partial charge in [-0.1, -0.05) is 18.3 Å². The van der Waals surface area contributed by atoms with Crippen LogP contribution in [0.4, 0.5) is 5.95 Å². The average molecular weight is 314 g/mol. The largest absolute Gasteiger partial charge is 0.388 e. The summed E-state index contributed by atoms with van der Waals surface area (Å²) < 4.78 is 6.69. The SMILES string of the molecule is CC[C@H]1O[C@@H](n2c(=O)sc3c(=O)[nH]c(N)nc32)[C@H](O)[C@@H]1O. The first-order valence-electron chi connectivity index (χ1n) is 6.36. The van der Waals surface area contributed by atoms with Crippen LogP contribution in [-0.2, 0) is 4.74 Å². The number of anilines is 1. The van der Waals surface area contributed by atoms with Crippen molar-refractivity contribution in [2.24, 2.45) is 0 Å². The lowest BCUT2D eigenvalue weighted by Crippen LogP contribution is -2.33. The molecule has 4 atom stereocenters. The molecular formula is C11H14N4O5S. The average Bonchev–Trinajstić information content (AvgIpc) is 2.89. The number of nitrogen functional groups attached to an aromatic ring is 1. The van der Waals surface area contributed by atoms with E-state index in [1.807, 2.05) is 0 Å². The molecule has 9 nitrogen and oxygen atoms in total. The van der Waals surface area contributed by atoms with Gasteiger partial charge in [0, 0.05) is 0 Å². The molecule has 0 aromatic carbocycles. The van der Waals surface area contributed by atoms with Crippen molar-refractivity contribution >= 4 is 27.6 Å². The maximum Gasteiger partial charge on any atom is 0.311 e. The number of H-pyrrole nitrogens is 1. The highest BCUT2D eigenvalue weighted by Gasteiger charge is 2.44. The van der Waals surface area contributed by atoms with Crippen molar-refractivity contribution in [3.8, 4) is 0 Å². The van der Waals surface area contributed by atoms with Crippen molar-refractivity contribution in [2.45, 2.75) is 37.9 Å². The highest BCUT2D eigenvalue weighted by molar-refractivity contribution is 7.16. The monoisotopic (exact) mass is 314 g/mol. The minimum Gasteiger partial charge on any atom is -0.388 e. The predicted molar refractivity (Wildman–Crippen MR) is 75.1 cm³/mol. The molecule has 0 radical (unpaired) electrons. The molecule has 0 spiro atoms. The number of nitrogens with zero attached hydrogens (tertiary/aromatic N) is 2. The summed E-state index contributed by atoms with van der Waals surface area (Å²) >= 11 is 0.686. The Morgan fingerprint density at radius 1 is 1.43 bits per heavy atom. The third-order valence-electron chi connectivity index (χ3n) is 3.49. The molecule has 114 valence electrons. The van der Waals surface area contributed by atoms with Gasteiger partial charge in [-0.3, -0.25) is 19.1 Å². The summed E-state index contributed by atoms with van der Waals surface area (Å²) in [7, 11) is 0. The molecule has 0 unspecified atom stereocenters. The minimum atomic E-state index is -1.28. The number of thiazole rings is 1. The maximum absolute atomic E-state index is 12.1. The molecule has 1 fully saturated rings. The first-order valence-corrected chi connectivity index (χ1v) is 7.18. The van der Waals surface area contributed by atoms with Crippen molar-refractivity contribution in [3.05, 3.63) is 20.0 Å². The van der Waals surface area contributed by atoms with Crippen molar-refractivity contribution < 1.29 is 14.9 Å². The Bertz CT molecular complexity index is 796. The van der Waals surface area contributed by atoms with E-state index >= 15 is 0 Å². The van der Waals surface area contributed by atoms with Crippen molar-refractivity contribution in [1.29, 1.82) is 0 Å². The second kappa shape index (κ2) is 4.91. The van der Waals surface area contributed by atoms with Crippen LogP contribution < -0.4 is 16.2 Å². The molecule has 2 aromatic heterocycles. The van der Waals surface area contributed by atoms with Crippen LogP contribution in [0.25, 0.3) is 10.3 Å². The van der Waals surface area contributed by atoms with Crippen LogP contribution in [0, 0.1) is 0 Å². The van der Waals surface area contributed by atoms with Crippen LogP contribution in [0.2, 0.25) is 0 Å². The third kappa shape index (κ3) is 2.07. The molecule has 0 aliphatic carbocycles. The fourth-order valence-electron chi connectivity index (χ4n) is 2.45. The van der Waals surface area contributed by atoms with Gasteiger partial charge in [-0.05, 0) is 6.42 Å². The van der Waals surface area contributed by atoms with Gasteiger partial charge >= 0.3 is 4.87 Å². The molecule has 0 bridgehead atoms. The quantitative estimate of drug-likeness (QED) is 0.542. The van der Waals surface area contributed by atoms with E-state index in [4.69, 9.17) is 10.5 Å². The lowest BCUT2D eigenvalue weighted by atomic mass is 10.1. The number of nitrogens with two attached hydrogens (primary N) is 1. The van der Waals surface area contributed by atoms with Gasteiger partial charge < -0.3 is 20.7 Å². The summed E-state index contributed by atoms with van der Waals surface area (Å²) in [5.74, 6) is -0.140. The second-order valence-corrected chi connectivity index (χ2v) is 5.76. The lowest BCUT2D eigenvalue weighted by Gasteiger charge is -2.15. The fourth-order valence-corrected chi connectivity index (χ4v) is 3.29. The van der Waals surface area contributed by atoms with Crippen LogP contribution in [0.3, 0.4) is 0 Å². The molecule has 3 rings (SSSR count). The zero-order valence-electron chi connectivity index (χ0n) is 11.0. The molecule has 1 saturated heterocycles. The summed E-state index contributed by atoms with van der Waals surface area (Å²) in [4.78, 5) is 29.6. The fraction of sp³-hybridized carbons (Fsp3) is 0.545.